The fourth-order valence-corrected chi connectivity index (χ4v) is 3.79. The van der Waals surface area contributed by atoms with Crippen LogP contribution in [0.3, 0.4) is 0 Å². The number of halogens is 1. The van der Waals surface area contributed by atoms with E-state index in [1.807, 2.05) is 19.5 Å². The highest BCUT2D eigenvalue weighted by molar-refractivity contribution is 9.10. The highest BCUT2D eigenvalue weighted by atomic mass is 79.9. The average Bonchev–Trinajstić information content (AvgIpc) is 3.24. The minimum Gasteiger partial charge on any atom is -0.356 e. The molecule has 4 nitrogen and oxygen atoms in total. The van der Waals surface area contributed by atoms with Crippen molar-refractivity contribution in [3.05, 3.63) is 50.4 Å². The number of guanidine groups is 1. The normalized spacial score (nSPS) is 16.2. The van der Waals surface area contributed by atoms with Gasteiger partial charge >= 0.3 is 0 Å². The van der Waals surface area contributed by atoms with Crippen LogP contribution in [0.25, 0.3) is 0 Å². The lowest BCUT2D eigenvalue weighted by molar-refractivity contribution is 0.645. The number of rotatable bonds is 5. The first-order chi connectivity index (χ1) is 11.1. The van der Waals surface area contributed by atoms with Gasteiger partial charge in [0, 0.05) is 28.4 Å². The molecule has 2 N–H and O–H groups in total. The molecule has 6 heteroatoms. The summed E-state index contributed by atoms with van der Waals surface area (Å²) < 4.78 is 1.14. The van der Waals surface area contributed by atoms with E-state index in [0.29, 0.717) is 0 Å². The Bertz CT molecular complexity index is 706. The second-order valence-electron chi connectivity index (χ2n) is 5.93. The van der Waals surface area contributed by atoms with Crippen molar-refractivity contribution >= 4 is 33.2 Å². The maximum Gasteiger partial charge on any atom is 0.191 e. The van der Waals surface area contributed by atoms with Crippen molar-refractivity contribution in [2.45, 2.75) is 31.7 Å². The van der Waals surface area contributed by atoms with Gasteiger partial charge in [-0.1, -0.05) is 28.1 Å². The molecular formula is C17H21BrN4S. The molecule has 1 saturated carbocycles. The highest BCUT2D eigenvalue weighted by Crippen LogP contribution is 2.48. The van der Waals surface area contributed by atoms with E-state index in [1.165, 1.54) is 23.3 Å². The topological polar surface area (TPSA) is 49.3 Å². The van der Waals surface area contributed by atoms with E-state index >= 15 is 0 Å². The molecule has 0 atom stereocenters. The molecule has 1 aromatic heterocycles. The van der Waals surface area contributed by atoms with Crippen LogP contribution >= 0.6 is 27.3 Å². The Morgan fingerprint density at radius 1 is 1.39 bits per heavy atom. The fraction of sp³-hybridized carbons (Fsp3) is 0.412. The van der Waals surface area contributed by atoms with E-state index in [9.17, 15) is 0 Å². The van der Waals surface area contributed by atoms with Crippen molar-refractivity contribution in [3.8, 4) is 0 Å². The van der Waals surface area contributed by atoms with Crippen molar-refractivity contribution in [1.29, 1.82) is 0 Å². The molecule has 122 valence electrons. The van der Waals surface area contributed by atoms with Crippen LogP contribution in [0.2, 0.25) is 0 Å². The summed E-state index contributed by atoms with van der Waals surface area (Å²) in [6.45, 7) is 3.71. The third-order valence-corrected chi connectivity index (χ3v) is 5.80. The lowest BCUT2D eigenvalue weighted by atomic mass is 9.96. The zero-order valence-corrected chi connectivity index (χ0v) is 15.8. The monoisotopic (exact) mass is 392 g/mol. The Morgan fingerprint density at radius 3 is 2.83 bits per heavy atom. The minimum absolute atomic E-state index is 0.252. The van der Waals surface area contributed by atoms with E-state index in [4.69, 9.17) is 0 Å². The van der Waals surface area contributed by atoms with Gasteiger partial charge < -0.3 is 10.6 Å². The summed E-state index contributed by atoms with van der Waals surface area (Å²) in [6.07, 6.45) is 2.45. The van der Waals surface area contributed by atoms with Gasteiger partial charge in [-0.3, -0.25) is 4.99 Å². The number of thiazole rings is 1. The van der Waals surface area contributed by atoms with Gasteiger partial charge in [0.05, 0.1) is 17.7 Å². The third kappa shape index (κ3) is 3.93. The smallest absolute Gasteiger partial charge is 0.191 e. The van der Waals surface area contributed by atoms with Crippen molar-refractivity contribution in [1.82, 2.24) is 15.6 Å². The summed E-state index contributed by atoms with van der Waals surface area (Å²) in [5, 5.41) is 6.86. The Kier molecular flexibility index (Phi) is 5.02. The number of nitrogens with zero attached hydrogens (tertiary/aromatic N) is 2. The van der Waals surface area contributed by atoms with Gasteiger partial charge in [0.25, 0.3) is 0 Å². The Morgan fingerprint density at radius 2 is 2.22 bits per heavy atom. The molecule has 0 amide bonds. The maximum absolute atomic E-state index is 4.33. The number of aryl methyl sites for hydroxylation is 1. The number of hydrogen-bond acceptors (Lipinski definition) is 3. The zero-order chi connectivity index (χ0) is 16.3. The largest absolute Gasteiger partial charge is 0.356 e. The number of nitrogens with one attached hydrogen (secondary N) is 2. The van der Waals surface area contributed by atoms with E-state index < -0.39 is 0 Å². The Balaban J connectivity index is 1.57. The van der Waals surface area contributed by atoms with Crippen LogP contribution in [-0.2, 0) is 12.0 Å². The van der Waals surface area contributed by atoms with Gasteiger partial charge in [-0.05, 0) is 37.5 Å². The van der Waals surface area contributed by atoms with Crippen LogP contribution in [0.5, 0.6) is 0 Å². The van der Waals surface area contributed by atoms with Crippen LogP contribution in [0.4, 0.5) is 0 Å². The molecule has 0 unspecified atom stereocenters. The number of aliphatic imine (C=N–C) groups is 1. The number of benzene rings is 1. The number of hydrogen-bond donors (Lipinski definition) is 2. The Hall–Kier alpha value is -1.40. The van der Waals surface area contributed by atoms with E-state index in [-0.39, 0.29) is 5.41 Å². The SMILES string of the molecule is CN=C(NCc1scnc1C)NCC1(c2cccc(Br)c2)CC1. The minimum atomic E-state index is 0.252. The second-order valence-corrected chi connectivity index (χ2v) is 7.79. The quantitative estimate of drug-likeness (QED) is 0.603. The van der Waals surface area contributed by atoms with Gasteiger partial charge in [0.1, 0.15) is 0 Å². The van der Waals surface area contributed by atoms with Crippen LogP contribution in [0, 0.1) is 6.92 Å². The van der Waals surface area contributed by atoms with Gasteiger partial charge in [-0.25, -0.2) is 4.98 Å². The average molecular weight is 393 g/mol. The summed E-state index contributed by atoms with van der Waals surface area (Å²) >= 11 is 5.24. The first-order valence-electron chi connectivity index (χ1n) is 7.72. The summed E-state index contributed by atoms with van der Waals surface area (Å²) in [4.78, 5) is 9.86. The molecule has 1 aliphatic carbocycles. The van der Waals surface area contributed by atoms with Crippen molar-refractivity contribution in [2.24, 2.45) is 4.99 Å². The van der Waals surface area contributed by atoms with E-state index in [1.54, 1.807) is 11.3 Å². The molecule has 1 aromatic carbocycles. The van der Waals surface area contributed by atoms with Gasteiger partial charge in [0.2, 0.25) is 0 Å². The summed E-state index contributed by atoms with van der Waals surface area (Å²) in [5.74, 6) is 0.846. The van der Waals surface area contributed by atoms with Gasteiger partial charge in [0.15, 0.2) is 5.96 Å². The molecule has 3 rings (SSSR count). The first-order valence-corrected chi connectivity index (χ1v) is 9.40. The van der Waals surface area contributed by atoms with Gasteiger partial charge in [-0.15, -0.1) is 11.3 Å². The second kappa shape index (κ2) is 7.01. The Labute approximate surface area is 149 Å². The van der Waals surface area contributed by atoms with Gasteiger partial charge in [-0.2, -0.15) is 0 Å². The highest BCUT2D eigenvalue weighted by Gasteiger charge is 2.44. The van der Waals surface area contributed by atoms with Crippen molar-refractivity contribution in [3.63, 3.8) is 0 Å². The zero-order valence-electron chi connectivity index (χ0n) is 13.4. The molecule has 1 aliphatic rings. The lowest BCUT2D eigenvalue weighted by Crippen LogP contribution is -2.40. The molecule has 0 spiro atoms. The predicted octanol–water partition coefficient (Wildman–Crippen LogP) is 3.61. The molecule has 0 bridgehead atoms. The van der Waals surface area contributed by atoms with Crippen LogP contribution in [0.1, 0.15) is 29.0 Å². The molecule has 0 aliphatic heterocycles. The molecule has 1 heterocycles. The van der Waals surface area contributed by atoms with Crippen molar-refractivity contribution in [2.75, 3.05) is 13.6 Å². The summed E-state index contributed by atoms with van der Waals surface area (Å²) in [7, 11) is 1.81. The maximum atomic E-state index is 4.33. The van der Waals surface area contributed by atoms with E-state index in [0.717, 1.165) is 29.2 Å². The van der Waals surface area contributed by atoms with Crippen LogP contribution < -0.4 is 10.6 Å². The predicted molar refractivity (Wildman–Crippen MR) is 100 cm³/mol. The molecular weight excluding hydrogens is 372 g/mol. The summed E-state index contributed by atoms with van der Waals surface area (Å²) in [6, 6.07) is 8.63. The van der Waals surface area contributed by atoms with Crippen molar-refractivity contribution < 1.29 is 0 Å². The number of aromatic nitrogens is 1. The molecule has 2 aromatic rings. The first kappa shape index (κ1) is 16.5. The lowest BCUT2D eigenvalue weighted by Gasteiger charge is -2.19. The van der Waals surface area contributed by atoms with Crippen LogP contribution in [0.15, 0.2) is 39.2 Å². The molecule has 0 saturated heterocycles. The van der Waals surface area contributed by atoms with Crippen LogP contribution in [-0.4, -0.2) is 24.5 Å². The van der Waals surface area contributed by atoms with E-state index in [2.05, 4.69) is 60.8 Å². The molecule has 1 fully saturated rings. The fourth-order valence-electron chi connectivity index (χ4n) is 2.67. The summed E-state index contributed by atoms with van der Waals surface area (Å²) in [5.41, 5.74) is 4.62. The molecule has 0 radical (unpaired) electrons. The third-order valence-electron chi connectivity index (χ3n) is 4.37. The molecule has 23 heavy (non-hydrogen) atoms. The standard InChI is InChI=1S/C17H21BrN4S/c1-12-15(23-11-22-12)9-20-16(19-2)21-10-17(6-7-17)13-4-3-5-14(18)8-13/h3-5,8,11H,6-7,9-10H2,1-2H3,(H2,19,20,21).